The average Bonchev–Trinajstić information content (AvgIpc) is 2.06. The smallest absolute Gasteiger partial charge is 0.304 e. The first-order valence-corrected chi connectivity index (χ1v) is 8.02. The fraction of sp³-hybridized carbons (Fsp3) is 0.556. The molecule has 0 unspecified atom stereocenters. The Morgan fingerprint density at radius 3 is 2.07 bits per heavy atom. The summed E-state index contributed by atoms with van der Waals surface area (Å²) in [6.07, 6.45) is 1.68. The zero-order chi connectivity index (χ0) is 11.1. The number of rotatable bonds is 1. The van der Waals surface area contributed by atoms with E-state index in [1.165, 1.54) is 16.2 Å². The molecule has 0 radical (unpaired) electrons. The summed E-state index contributed by atoms with van der Waals surface area (Å²) in [5, 5.41) is 0.794. The van der Waals surface area contributed by atoms with Crippen LogP contribution in [-0.2, 0) is 14.1 Å². The van der Waals surface area contributed by atoms with Crippen LogP contribution in [0.3, 0.4) is 0 Å². The second-order valence-corrected chi connectivity index (χ2v) is 9.59. The largest absolute Gasteiger partial charge is 0.330 e. The first-order valence-electron chi connectivity index (χ1n) is 4.52. The van der Waals surface area contributed by atoms with Crippen molar-refractivity contribution in [2.24, 2.45) is 14.1 Å². The van der Waals surface area contributed by atoms with Crippen LogP contribution in [0, 0.1) is 0 Å². The Kier molecular flexibility index (Phi) is 2.54. The predicted octanol–water partition coefficient (Wildman–Crippen LogP) is -0.371. The van der Waals surface area contributed by atoms with Gasteiger partial charge >= 0.3 is 5.69 Å². The SMILES string of the molecule is Cn1cc([Si](C)(C)C)c(=O)n(C)c1=O. The Bertz CT molecular complexity index is 465. The molecule has 5 heteroatoms. The monoisotopic (exact) mass is 212 g/mol. The van der Waals surface area contributed by atoms with Gasteiger partial charge in [-0.3, -0.25) is 9.36 Å². The molecule has 0 aromatic carbocycles. The maximum absolute atomic E-state index is 11.8. The van der Waals surface area contributed by atoms with E-state index in [-0.39, 0.29) is 11.2 Å². The number of nitrogens with zero attached hydrogens (tertiary/aromatic N) is 2. The fourth-order valence-electron chi connectivity index (χ4n) is 1.32. The molecule has 0 spiro atoms. The van der Waals surface area contributed by atoms with E-state index in [1.54, 1.807) is 13.2 Å². The van der Waals surface area contributed by atoms with E-state index in [0.717, 1.165) is 5.19 Å². The van der Waals surface area contributed by atoms with Gasteiger partial charge in [-0.1, -0.05) is 19.6 Å². The number of hydrogen-bond acceptors (Lipinski definition) is 2. The molecule has 1 heterocycles. The van der Waals surface area contributed by atoms with Crippen LogP contribution in [0.15, 0.2) is 15.8 Å². The van der Waals surface area contributed by atoms with Gasteiger partial charge in [-0.05, 0) is 0 Å². The summed E-state index contributed by atoms with van der Waals surface area (Å²) in [4.78, 5) is 23.2. The molecule has 0 saturated heterocycles. The topological polar surface area (TPSA) is 44.0 Å². The van der Waals surface area contributed by atoms with Gasteiger partial charge in [0.2, 0.25) is 0 Å². The molecule has 0 bridgehead atoms. The van der Waals surface area contributed by atoms with Crippen molar-refractivity contribution in [3.63, 3.8) is 0 Å². The molecule has 0 aliphatic rings. The van der Waals surface area contributed by atoms with Crippen molar-refractivity contribution in [2.45, 2.75) is 19.6 Å². The van der Waals surface area contributed by atoms with Gasteiger partial charge in [-0.25, -0.2) is 4.79 Å². The van der Waals surface area contributed by atoms with E-state index < -0.39 is 8.07 Å². The zero-order valence-electron chi connectivity index (χ0n) is 9.29. The summed E-state index contributed by atoms with van der Waals surface area (Å²) >= 11 is 0. The standard InChI is InChI=1S/C9H16N2O2Si/c1-10-6-7(14(3,4)5)8(12)11(2)9(10)13/h6H,1-5H3. The molecular formula is C9H16N2O2Si. The van der Waals surface area contributed by atoms with Gasteiger partial charge in [-0.15, -0.1) is 0 Å². The Morgan fingerprint density at radius 1 is 1.14 bits per heavy atom. The molecule has 1 aromatic heterocycles. The third-order valence-electron chi connectivity index (χ3n) is 2.25. The molecule has 1 aromatic rings. The van der Waals surface area contributed by atoms with Crippen molar-refractivity contribution in [3.8, 4) is 0 Å². The average molecular weight is 212 g/mol. The lowest BCUT2D eigenvalue weighted by Gasteiger charge is -2.17. The van der Waals surface area contributed by atoms with Crippen molar-refractivity contribution < 1.29 is 0 Å². The second kappa shape index (κ2) is 3.24. The lowest BCUT2D eigenvalue weighted by atomic mass is 10.6. The molecule has 0 aliphatic carbocycles. The molecule has 0 saturated carbocycles. The molecule has 0 N–H and O–H groups in total. The summed E-state index contributed by atoms with van der Waals surface area (Å²) in [7, 11) is 1.54. The van der Waals surface area contributed by atoms with E-state index in [9.17, 15) is 9.59 Å². The number of aryl methyl sites for hydroxylation is 1. The van der Waals surface area contributed by atoms with Crippen LogP contribution in [0.1, 0.15) is 0 Å². The minimum atomic E-state index is -1.66. The third kappa shape index (κ3) is 1.72. The highest BCUT2D eigenvalue weighted by Gasteiger charge is 2.22. The van der Waals surface area contributed by atoms with Crippen molar-refractivity contribution in [1.29, 1.82) is 0 Å². The van der Waals surface area contributed by atoms with E-state index >= 15 is 0 Å². The first-order chi connectivity index (χ1) is 6.25. The predicted molar refractivity (Wildman–Crippen MR) is 59.9 cm³/mol. The normalized spacial score (nSPS) is 11.8. The lowest BCUT2D eigenvalue weighted by Crippen LogP contribution is -2.55. The van der Waals surface area contributed by atoms with Crippen LogP contribution in [0.5, 0.6) is 0 Å². The molecule has 0 atom stereocenters. The molecular weight excluding hydrogens is 196 g/mol. The quantitative estimate of drug-likeness (QED) is 0.596. The van der Waals surface area contributed by atoms with Gasteiger partial charge in [-0.2, -0.15) is 0 Å². The second-order valence-electron chi connectivity index (χ2n) is 4.55. The van der Waals surface area contributed by atoms with Crippen molar-refractivity contribution in [3.05, 3.63) is 27.0 Å². The van der Waals surface area contributed by atoms with Crippen molar-refractivity contribution in [1.82, 2.24) is 9.13 Å². The molecule has 0 fully saturated rings. The van der Waals surface area contributed by atoms with Crippen LogP contribution in [-0.4, -0.2) is 17.2 Å². The summed E-state index contributed by atoms with van der Waals surface area (Å²) in [5.74, 6) is 0. The Hall–Kier alpha value is -1.10. The minimum absolute atomic E-state index is 0.146. The maximum Gasteiger partial charge on any atom is 0.330 e. The molecule has 14 heavy (non-hydrogen) atoms. The molecule has 0 amide bonds. The van der Waals surface area contributed by atoms with Crippen molar-refractivity contribution in [2.75, 3.05) is 0 Å². The summed E-state index contributed by atoms with van der Waals surface area (Å²) < 4.78 is 2.64. The summed E-state index contributed by atoms with van der Waals surface area (Å²) in [6, 6.07) is 0. The van der Waals surface area contributed by atoms with Gasteiger partial charge in [0.15, 0.2) is 0 Å². The van der Waals surface area contributed by atoms with Crippen molar-refractivity contribution >= 4 is 13.3 Å². The van der Waals surface area contributed by atoms with Crippen LogP contribution >= 0.6 is 0 Å². The zero-order valence-corrected chi connectivity index (χ0v) is 10.3. The maximum atomic E-state index is 11.8. The molecule has 4 nitrogen and oxygen atoms in total. The van der Waals surface area contributed by atoms with Crippen LogP contribution in [0.25, 0.3) is 0 Å². The molecule has 0 aliphatic heterocycles. The first kappa shape index (κ1) is 11.0. The minimum Gasteiger partial charge on any atom is -0.304 e. The Morgan fingerprint density at radius 2 is 1.64 bits per heavy atom. The summed E-state index contributed by atoms with van der Waals surface area (Å²) in [6.45, 7) is 6.27. The van der Waals surface area contributed by atoms with E-state index in [4.69, 9.17) is 0 Å². The lowest BCUT2D eigenvalue weighted by molar-refractivity contribution is 0.692. The highest BCUT2D eigenvalue weighted by molar-refractivity contribution is 6.88. The third-order valence-corrected chi connectivity index (χ3v) is 4.21. The number of aromatic nitrogens is 2. The van der Waals surface area contributed by atoms with E-state index in [0.29, 0.717) is 0 Å². The van der Waals surface area contributed by atoms with Gasteiger partial charge in [0.25, 0.3) is 5.56 Å². The van der Waals surface area contributed by atoms with Crippen LogP contribution < -0.4 is 16.4 Å². The number of hydrogen-bond donors (Lipinski definition) is 0. The van der Waals surface area contributed by atoms with Crippen LogP contribution in [0.2, 0.25) is 19.6 Å². The fourth-order valence-corrected chi connectivity index (χ4v) is 2.71. The van der Waals surface area contributed by atoms with Crippen LogP contribution in [0.4, 0.5) is 0 Å². The highest BCUT2D eigenvalue weighted by Crippen LogP contribution is 1.96. The van der Waals surface area contributed by atoms with Gasteiger partial charge in [0.05, 0.1) is 8.07 Å². The summed E-state index contributed by atoms with van der Waals surface area (Å²) in [5.41, 5.74) is -0.413. The van der Waals surface area contributed by atoms with Gasteiger partial charge < -0.3 is 4.57 Å². The van der Waals surface area contributed by atoms with E-state index in [2.05, 4.69) is 19.6 Å². The highest BCUT2D eigenvalue weighted by atomic mass is 28.3. The van der Waals surface area contributed by atoms with Gasteiger partial charge in [0.1, 0.15) is 0 Å². The molecule has 1 rings (SSSR count). The molecule has 78 valence electrons. The van der Waals surface area contributed by atoms with E-state index in [1.807, 2.05) is 0 Å². The Labute approximate surface area is 83.8 Å². The Balaban J connectivity index is 3.67. The van der Waals surface area contributed by atoms with Gasteiger partial charge in [0, 0.05) is 25.5 Å².